The minimum Gasteiger partial charge on any atom is -0.756 e. The summed E-state index contributed by atoms with van der Waals surface area (Å²) < 4.78 is 132. The van der Waals surface area contributed by atoms with Crippen molar-refractivity contribution >= 4 is 7.82 Å². The molecule has 0 aromatic carbocycles. The average molecular weight is 1340 g/mol. The van der Waals surface area contributed by atoms with Crippen LogP contribution in [0.1, 0.15) is 142 Å². The molecule has 26 heteroatoms. The summed E-state index contributed by atoms with van der Waals surface area (Å²) in [5.74, 6) is 0. The molecule has 0 amide bonds. The van der Waals surface area contributed by atoms with E-state index in [0.717, 1.165) is 26.1 Å². The second kappa shape index (κ2) is 85.4. The predicted molar refractivity (Wildman–Crippen MR) is 340 cm³/mol. The second-order valence-corrected chi connectivity index (χ2v) is 22.1. The zero-order chi connectivity index (χ0) is 63.9. The molecule has 24 nitrogen and oxygen atoms in total. The van der Waals surface area contributed by atoms with E-state index in [2.05, 4.69) is 13.8 Å². The third-order valence-electron chi connectivity index (χ3n) is 12.9. The Hall–Kier alpha value is 0.310. The van der Waals surface area contributed by atoms with E-state index in [1.807, 2.05) is 0 Å². The smallest absolute Gasteiger partial charge is 0.756 e. The van der Waals surface area contributed by atoms with Crippen molar-refractivity contribution in [3.8, 4) is 0 Å². The van der Waals surface area contributed by atoms with Gasteiger partial charge in [-0.05, 0) is 12.8 Å². The molecule has 0 saturated heterocycles. The monoisotopic (exact) mass is 1340 g/mol. The summed E-state index contributed by atoms with van der Waals surface area (Å²) in [6.45, 7) is 22.9. The van der Waals surface area contributed by atoms with Crippen molar-refractivity contribution in [2.24, 2.45) is 0 Å². The molecule has 0 unspecified atom stereocenters. The summed E-state index contributed by atoms with van der Waals surface area (Å²) in [5, 5.41) is 0. The molecule has 0 heterocycles. The minimum absolute atomic E-state index is 0. The van der Waals surface area contributed by atoms with Gasteiger partial charge in [-0.25, -0.2) is 0 Å². The summed E-state index contributed by atoms with van der Waals surface area (Å²) >= 11 is 0. The van der Waals surface area contributed by atoms with Crippen LogP contribution in [0.15, 0.2) is 0 Å². The molecular formula is C64H130NaO24P. The van der Waals surface area contributed by atoms with Gasteiger partial charge in [0.25, 0.3) is 7.82 Å². The van der Waals surface area contributed by atoms with E-state index in [9.17, 15) is 9.46 Å². The van der Waals surface area contributed by atoms with Crippen LogP contribution in [0.25, 0.3) is 0 Å². The molecule has 0 N–H and O–H groups in total. The molecule has 0 aliphatic carbocycles. The molecule has 90 heavy (non-hydrogen) atoms. The topological polar surface area (TPSA) is 243 Å². The van der Waals surface area contributed by atoms with Gasteiger partial charge in [0.05, 0.1) is 264 Å². The van der Waals surface area contributed by atoms with Crippen molar-refractivity contribution in [3.05, 3.63) is 0 Å². The summed E-state index contributed by atoms with van der Waals surface area (Å²) in [4.78, 5) is 12.0. The number of ether oxygens (including phenoxy) is 20. The Bertz CT molecular complexity index is 1230. The first-order valence-corrected chi connectivity index (χ1v) is 35.7. The number of phosphoric ester groups is 1. The molecule has 536 valence electrons. The van der Waals surface area contributed by atoms with Crippen molar-refractivity contribution < 1.29 is 143 Å². The molecule has 0 atom stereocenters. The van der Waals surface area contributed by atoms with E-state index < -0.39 is 7.82 Å². The minimum atomic E-state index is -4.48. The number of hydrogen-bond donors (Lipinski definition) is 0. The molecule has 0 radical (unpaired) electrons. The third kappa shape index (κ3) is 86.3. The maximum atomic E-state index is 12.0. The van der Waals surface area contributed by atoms with Gasteiger partial charge in [0.1, 0.15) is 0 Å². The average Bonchev–Trinajstić information content (AvgIpc) is 3.59. The van der Waals surface area contributed by atoms with Gasteiger partial charge in [-0.1, -0.05) is 129 Å². The molecule has 0 aliphatic rings. The largest absolute Gasteiger partial charge is 1.00 e. The molecular weight excluding hydrogens is 1210 g/mol. The van der Waals surface area contributed by atoms with E-state index >= 15 is 0 Å². The maximum Gasteiger partial charge on any atom is 1.00 e. The first-order valence-electron chi connectivity index (χ1n) is 34.3. The molecule has 0 spiro atoms. The first-order chi connectivity index (χ1) is 44.1. The Morgan fingerprint density at radius 2 is 0.289 bits per heavy atom. The van der Waals surface area contributed by atoms with Crippen LogP contribution in [-0.4, -0.2) is 277 Å². The van der Waals surface area contributed by atoms with Gasteiger partial charge >= 0.3 is 29.6 Å². The van der Waals surface area contributed by atoms with E-state index in [1.165, 1.54) is 116 Å². The Balaban J connectivity index is 0. The van der Waals surface area contributed by atoms with Crippen LogP contribution in [0.2, 0.25) is 0 Å². The summed E-state index contributed by atoms with van der Waals surface area (Å²) in [5.41, 5.74) is 0. The SMILES string of the molecule is CCCCCCCCCCCCOCCOCCOCCOCCOCCOCCOCCOCCOCCOCCOP(=O)([O-])OCCOCCOCCOCCOCCOCCOCCOCCOCCOCCOCCCCCCCCCCCC.[Na+]. The Morgan fingerprint density at radius 1 is 0.178 bits per heavy atom. The third-order valence-corrected chi connectivity index (χ3v) is 13.9. The number of phosphoric acid groups is 1. The quantitative estimate of drug-likeness (QED) is 0.0405. The van der Waals surface area contributed by atoms with Crippen LogP contribution >= 0.6 is 7.82 Å². The second-order valence-electron chi connectivity index (χ2n) is 20.7. The zero-order valence-corrected chi connectivity index (χ0v) is 60.0. The standard InChI is InChI=1S/C64H131O24P.Na/c1-3-5-7-9-11-13-15-17-19-21-23-67-25-27-69-29-31-71-33-35-73-37-39-75-41-43-77-45-47-79-49-51-81-53-55-83-57-59-85-61-63-87-89(65,66)88-64-62-86-60-58-84-56-54-82-52-50-80-48-46-78-44-42-76-40-38-74-36-34-72-32-30-70-28-26-68-24-22-20-18-16-14-12-10-8-6-4-2;/h3-64H2,1-2H3,(H,65,66);/q;+1/p-1. The summed E-state index contributed by atoms with van der Waals surface area (Å²) in [7, 11) is -4.48. The Morgan fingerprint density at radius 3 is 0.433 bits per heavy atom. The molecule has 0 aliphatic heterocycles. The van der Waals surface area contributed by atoms with Crippen LogP contribution in [-0.2, 0) is 108 Å². The molecule has 0 rings (SSSR count). The van der Waals surface area contributed by atoms with Crippen molar-refractivity contribution in [1.29, 1.82) is 0 Å². The van der Waals surface area contributed by atoms with Gasteiger partial charge in [0.15, 0.2) is 0 Å². The van der Waals surface area contributed by atoms with E-state index in [1.54, 1.807) is 0 Å². The molecule has 0 fully saturated rings. The van der Waals surface area contributed by atoms with Gasteiger partial charge in [0.2, 0.25) is 0 Å². The van der Waals surface area contributed by atoms with Crippen LogP contribution in [0.4, 0.5) is 0 Å². The number of rotatable bonds is 84. The van der Waals surface area contributed by atoms with Crippen LogP contribution < -0.4 is 34.5 Å². The normalized spacial score (nSPS) is 11.9. The van der Waals surface area contributed by atoms with Gasteiger partial charge in [-0.3, -0.25) is 4.57 Å². The van der Waals surface area contributed by atoms with Crippen molar-refractivity contribution in [3.63, 3.8) is 0 Å². The Kier molecular flexibility index (Phi) is 87.6. The van der Waals surface area contributed by atoms with Gasteiger partial charge in [-0.15, -0.1) is 0 Å². The van der Waals surface area contributed by atoms with Crippen LogP contribution in [0.5, 0.6) is 0 Å². The molecule has 0 aromatic heterocycles. The fourth-order valence-electron chi connectivity index (χ4n) is 8.00. The van der Waals surface area contributed by atoms with E-state index in [-0.39, 0.29) is 69.2 Å². The van der Waals surface area contributed by atoms with Crippen LogP contribution in [0.3, 0.4) is 0 Å². The first kappa shape index (κ1) is 92.4. The van der Waals surface area contributed by atoms with Crippen molar-refractivity contribution in [2.45, 2.75) is 142 Å². The van der Waals surface area contributed by atoms with Crippen molar-refractivity contribution in [2.75, 3.05) is 277 Å². The van der Waals surface area contributed by atoms with Gasteiger partial charge in [0, 0.05) is 13.2 Å². The van der Waals surface area contributed by atoms with Crippen molar-refractivity contribution in [1.82, 2.24) is 0 Å². The number of hydrogen-bond acceptors (Lipinski definition) is 24. The van der Waals surface area contributed by atoms with Crippen LogP contribution in [0, 0.1) is 0 Å². The zero-order valence-electron chi connectivity index (χ0n) is 57.1. The molecule has 0 saturated carbocycles. The number of unbranched alkanes of at least 4 members (excludes halogenated alkanes) is 18. The maximum absolute atomic E-state index is 12.0. The van der Waals surface area contributed by atoms with Gasteiger partial charge < -0.3 is 109 Å². The fourth-order valence-corrected chi connectivity index (χ4v) is 8.67. The van der Waals surface area contributed by atoms with Gasteiger partial charge in [-0.2, -0.15) is 0 Å². The fraction of sp³-hybridized carbons (Fsp3) is 1.00. The summed E-state index contributed by atoms with van der Waals surface area (Å²) in [6.07, 6.45) is 26.6. The molecule has 0 bridgehead atoms. The summed E-state index contributed by atoms with van der Waals surface area (Å²) in [6, 6.07) is 0. The van der Waals surface area contributed by atoms with E-state index in [4.69, 9.17) is 104 Å². The Labute approximate surface area is 567 Å². The predicted octanol–water partition coefficient (Wildman–Crippen LogP) is 5.67. The van der Waals surface area contributed by atoms with E-state index in [0.29, 0.717) is 225 Å². The molecule has 0 aromatic rings.